The van der Waals surface area contributed by atoms with Gasteiger partial charge in [0.25, 0.3) is 0 Å². The van der Waals surface area contributed by atoms with Crippen molar-refractivity contribution >= 4 is 16.6 Å². The lowest BCUT2D eigenvalue weighted by Crippen LogP contribution is -3.09. The Balaban J connectivity index is 1.40. The van der Waals surface area contributed by atoms with E-state index in [1.54, 1.807) is 12.1 Å². The van der Waals surface area contributed by atoms with Crippen LogP contribution in [0.25, 0.3) is 10.9 Å². The van der Waals surface area contributed by atoms with Gasteiger partial charge < -0.3 is 14.8 Å². The molecular weight excluding hydrogens is 407 g/mol. The second kappa shape index (κ2) is 9.27. The number of halogens is 1. The van der Waals surface area contributed by atoms with Crippen molar-refractivity contribution in [3.05, 3.63) is 59.5 Å². The van der Waals surface area contributed by atoms with Crippen LogP contribution in [0.3, 0.4) is 0 Å². The highest BCUT2D eigenvalue weighted by molar-refractivity contribution is 5.84. The minimum atomic E-state index is -0.198. The average Bonchev–Trinajstić information content (AvgIpc) is 3.32. The van der Waals surface area contributed by atoms with Crippen LogP contribution in [0, 0.1) is 5.82 Å². The lowest BCUT2D eigenvalue weighted by molar-refractivity contribution is -0.842. The Labute approximate surface area is 188 Å². The van der Waals surface area contributed by atoms with E-state index in [9.17, 15) is 4.39 Å². The van der Waals surface area contributed by atoms with E-state index in [1.807, 2.05) is 18.3 Å². The summed E-state index contributed by atoms with van der Waals surface area (Å²) >= 11 is 0. The Bertz CT molecular complexity index is 1040. The zero-order chi connectivity index (χ0) is 22.0. The molecule has 5 rings (SSSR count). The first-order chi connectivity index (χ1) is 15.6. The van der Waals surface area contributed by atoms with Crippen LogP contribution in [0.15, 0.2) is 42.6 Å². The second-order valence-corrected chi connectivity index (χ2v) is 9.11. The Kier molecular flexibility index (Phi) is 6.24. The molecule has 2 aromatic carbocycles. The van der Waals surface area contributed by atoms with Gasteiger partial charge in [-0.1, -0.05) is 12.1 Å². The third-order valence-electron chi connectivity index (χ3n) is 7.15. The molecule has 7 heteroatoms. The number of rotatable bonds is 6. The van der Waals surface area contributed by atoms with Crippen LogP contribution in [0.4, 0.5) is 10.1 Å². The third kappa shape index (κ3) is 4.30. The first kappa shape index (κ1) is 21.5. The molecule has 2 aliphatic rings. The van der Waals surface area contributed by atoms with Crippen LogP contribution < -0.4 is 10.2 Å². The number of piperidine rings is 1. The molecule has 0 spiro atoms. The molecule has 0 bridgehead atoms. The van der Waals surface area contributed by atoms with Gasteiger partial charge in [0.1, 0.15) is 24.6 Å². The molecule has 1 aromatic heterocycles. The zero-order valence-corrected chi connectivity index (χ0v) is 18.6. The van der Waals surface area contributed by atoms with Gasteiger partial charge in [0.2, 0.25) is 0 Å². The molecule has 2 aliphatic heterocycles. The fraction of sp³-hybridized carbons (Fsp3) is 0.480. The normalized spacial score (nSPS) is 20.4. The summed E-state index contributed by atoms with van der Waals surface area (Å²) in [6.07, 6.45) is 3.75. The molecule has 2 fully saturated rings. The molecule has 170 valence electrons. The number of fused-ring (bicyclic) bond motifs is 1. The van der Waals surface area contributed by atoms with E-state index in [1.165, 1.54) is 10.6 Å². The maximum atomic E-state index is 13.6. The fourth-order valence-electron chi connectivity index (χ4n) is 5.12. The second-order valence-electron chi connectivity index (χ2n) is 9.11. The van der Waals surface area contributed by atoms with Crippen LogP contribution in [0.1, 0.15) is 37.0 Å². The number of nitrogens with one attached hydrogen (secondary N) is 3. The highest BCUT2D eigenvalue weighted by Crippen LogP contribution is 2.36. The summed E-state index contributed by atoms with van der Waals surface area (Å²) in [7, 11) is 0. The lowest BCUT2D eigenvalue weighted by atomic mass is 9.74. The summed E-state index contributed by atoms with van der Waals surface area (Å²) in [6, 6.07) is 11.5. The Morgan fingerprint density at radius 3 is 2.66 bits per heavy atom. The number of nitrogens with zero attached hydrogens (tertiary/aromatic N) is 1. The predicted octanol–water partition coefficient (Wildman–Crippen LogP) is 2.65. The molecule has 3 N–H and O–H groups in total. The van der Waals surface area contributed by atoms with Crippen molar-refractivity contribution in [2.45, 2.75) is 31.3 Å². The molecule has 0 saturated carbocycles. The number of hydrogen-bond donors (Lipinski definition) is 3. The van der Waals surface area contributed by atoms with Gasteiger partial charge in [0.05, 0.1) is 37.6 Å². The summed E-state index contributed by atoms with van der Waals surface area (Å²) < 4.78 is 25.7. The van der Waals surface area contributed by atoms with E-state index in [4.69, 9.17) is 9.47 Å². The molecule has 6 nitrogen and oxygen atoms in total. The first-order valence-electron chi connectivity index (χ1n) is 11.6. The van der Waals surface area contributed by atoms with Gasteiger partial charge in [0, 0.05) is 28.5 Å². The van der Waals surface area contributed by atoms with Crippen LogP contribution in [0.2, 0.25) is 0 Å². The standard InChI is InChI=1S/C25H31FN4O2/c1-18(32-17-25(6-8-27-9-7-25)20-2-4-21(26)5-3-20)23-15-22(30-10-12-31-13-11-30)14-19-16-28-29-24(19)23/h2-5,14-16,18,27H,6-13,17H2,1H3,(H,28,29)/p+1. The maximum absolute atomic E-state index is 13.6. The van der Waals surface area contributed by atoms with Crippen molar-refractivity contribution in [3.63, 3.8) is 0 Å². The SMILES string of the molecule is CC(OCC1(c2ccc(F)cc2)CCNCC1)c1cc([NH+]2CCOCC2)cc2cn[nH]c12. The van der Waals surface area contributed by atoms with Crippen molar-refractivity contribution < 1.29 is 18.8 Å². The molecule has 32 heavy (non-hydrogen) atoms. The summed E-state index contributed by atoms with van der Waals surface area (Å²) in [5, 5.41) is 12.0. The quantitative estimate of drug-likeness (QED) is 0.553. The van der Waals surface area contributed by atoms with Crippen molar-refractivity contribution in [2.75, 3.05) is 46.0 Å². The van der Waals surface area contributed by atoms with Crippen molar-refractivity contribution in [1.82, 2.24) is 15.5 Å². The molecule has 3 aromatic rings. The Morgan fingerprint density at radius 2 is 1.91 bits per heavy atom. The number of H-pyrrole nitrogens is 1. The number of hydrogen-bond acceptors (Lipinski definition) is 4. The predicted molar refractivity (Wildman–Crippen MR) is 122 cm³/mol. The maximum Gasteiger partial charge on any atom is 0.132 e. The summed E-state index contributed by atoms with van der Waals surface area (Å²) in [4.78, 5) is 1.44. The number of aromatic nitrogens is 2. The van der Waals surface area contributed by atoms with E-state index in [2.05, 4.69) is 34.6 Å². The van der Waals surface area contributed by atoms with E-state index >= 15 is 0 Å². The number of ether oxygens (including phenoxy) is 2. The van der Waals surface area contributed by atoms with Crippen LogP contribution in [-0.4, -0.2) is 56.2 Å². The molecule has 0 amide bonds. The zero-order valence-electron chi connectivity index (χ0n) is 18.6. The molecular formula is C25H32FN4O2+. The van der Waals surface area contributed by atoms with Gasteiger partial charge in [-0.05, 0) is 50.6 Å². The van der Waals surface area contributed by atoms with Crippen molar-refractivity contribution in [2.24, 2.45) is 0 Å². The number of morpholine rings is 1. The van der Waals surface area contributed by atoms with Crippen molar-refractivity contribution in [1.29, 1.82) is 0 Å². The van der Waals surface area contributed by atoms with Gasteiger partial charge >= 0.3 is 0 Å². The molecule has 2 saturated heterocycles. The topological polar surface area (TPSA) is 63.6 Å². The molecule has 0 radical (unpaired) electrons. The first-order valence-corrected chi connectivity index (χ1v) is 11.6. The Hall–Kier alpha value is -2.32. The number of aromatic amines is 1. The highest BCUT2D eigenvalue weighted by atomic mass is 19.1. The van der Waals surface area contributed by atoms with Crippen LogP contribution in [0.5, 0.6) is 0 Å². The lowest BCUT2D eigenvalue weighted by Gasteiger charge is -2.39. The van der Waals surface area contributed by atoms with Gasteiger partial charge in [-0.15, -0.1) is 0 Å². The number of benzene rings is 2. The van der Waals surface area contributed by atoms with E-state index in [0.29, 0.717) is 6.61 Å². The Morgan fingerprint density at radius 1 is 1.16 bits per heavy atom. The summed E-state index contributed by atoms with van der Waals surface area (Å²) in [5.74, 6) is -0.198. The minimum Gasteiger partial charge on any atom is -0.373 e. The van der Waals surface area contributed by atoms with Gasteiger partial charge in [-0.2, -0.15) is 5.10 Å². The van der Waals surface area contributed by atoms with Gasteiger partial charge in [-0.3, -0.25) is 10.00 Å². The van der Waals surface area contributed by atoms with E-state index in [-0.39, 0.29) is 17.3 Å². The molecule has 3 heterocycles. The fourth-order valence-corrected chi connectivity index (χ4v) is 5.12. The van der Waals surface area contributed by atoms with E-state index in [0.717, 1.165) is 74.3 Å². The monoisotopic (exact) mass is 439 g/mol. The average molecular weight is 440 g/mol. The van der Waals surface area contributed by atoms with E-state index < -0.39 is 0 Å². The largest absolute Gasteiger partial charge is 0.373 e. The number of quaternary nitrogens is 1. The van der Waals surface area contributed by atoms with Crippen molar-refractivity contribution in [3.8, 4) is 0 Å². The molecule has 1 unspecified atom stereocenters. The van der Waals surface area contributed by atoms with Crippen LogP contribution in [-0.2, 0) is 14.9 Å². The van der Waals surface area contributed by atoms with Gasteiger partial charge in [-0.25, -0.2) is 4.39 Å². The highest BCUT2D eigenvalue weighted by Gasteiger charge is 2.35. The summed E-state index contributed by atoms with van der Waals surface area (Å²) in [5.41, 5.74) is 4.49. The van der Waals surface area contributed by atoms with Crippen LogP contribution >= 0.6 is 0 Å². The molecule has 0 aliphatic carbocycles. The smallest absolute Gasteiger partial charge is 0.132 e. The minimum absolute atomic E-state index is 0.0921. The third-order valence-corrected chi connectivity index (χ3v) is 7.15. The van der Waals surface area contributed by atoms with Gasteiger partial charge in [0.15, 0.2) is 0 Å². The summed E-state index contributed by atoms with van der Waals surface area (Å²) in [6.45, 7) is 8.12. The molecule has 1 atom stereocenters.